The zero-order valence-corrected chi connectivity index (χ0v) is 20.0. The van der Waals surface area contributed by atoms with E-state index in [-0.39, 0.29) is 41.6 Å². The topological polar surface area (TPSA) is 82.9 Å². The van der Waals surface area contributed by atoms with Crippen molar-refractivity contribution >= 4 is 17.6 Å². The maximum atomic E-state index is 13.9. The van der Waals surface area contributed by atoms with Gasteiger partial charge in [0.25, 0.3) is 5.91 Å². The van der Waals surface area contributed by atoms with Crippen molar-refractivity contribution < 1.29 is 27.5 Å². The van der Waals surface area contributed by atoms with Crippen LogP contribution in [-0.2, 0) is 17.5 Å². The smallest absolute Gasteiger partial charge is 0.378 e. The summed E-state index contributed by atoms with van der Waals surface area (Å²) in [4.78, 5) is 30.2. The minimum Gasteiger partial charge on any atom is -0.378 e. The maximum absolute atomic E-state index is 13.9. The van der Waals surface area contributed by atoms with Gasteiger partial charge in [-0.25, -0.2) is 4.79 Å². The van der Waals surface area contributed by atoms with E-state index in [0.717, 1.165) is 4.68 Å². The lowest BCUT2D eigenvalue weighted by molar-refractivity contribution is -0.138. The number of carbonyl (C=O) groups is 2. The van der Waals surface area contributed by atoms with Crippen molar-refractivity contribution in [2.24, 2.45) is 11.8 Å². The molecule has 4 heterocycles. The summed E-state index contributed by atoms with van der Waals surface area (Å²) in [5.41, 5.74) is 0.410. The number of benzene rings is 1. The van der Waals surface area contributed by atoms with Crippen molar-refractivity contribution in [3.63, 3.8) is 0 Å². The number of hydrogen-bond acceptors (Lipinski definition) is 6. The standard InChI is InChI=1S/C24H29F3N6O3/c1-28-22(34)21-4-5-33(29-21)23(35)32-14-17-12-30(13-18(17)15-32)11-16-2-3-19(10-20(16)24(25,26)27)31-6-8-36-9-7-31/h2-5,10,17-18H,6-9,11-15H2,1H3,(H,28,34). The van der Waals surface area contributed by atoms with E-state index in [0.29, 0.717) is 58.2 Å². The maximum Gasteiger partial charge on any atom is 0.416 e. The average molecular weight is 507 g/mol. The van der Waals surface area contributed by atoms with Crippen LogP contribution in [-0.4, -0.2) is 91.0 Å². The molecule has 3 aliphatic heterocycles. The number of anilines is 1. The Labute approximate surface area is 206 Å². The summed E-state index contributed by atoms with van der Waals surface area (Å²) < 4.78 is 48.3. The lowest BCUT2D eigenvalue weighted by Crippen LogP contribution is -2.37. The molecular weight excluding hydrogens is 477 g/mol. The van der Waals surface area contributed by atoms with Crippen LogP contribution >= 0.6 is 0 Å². The van der Waals surface area contributed by atoms with Gasteiger partial charge in [-0.2, -0.15) is 23.0 Å². The van der Waals surface area contributed by atoms with Crippen LogP contribution in [0.5, 0.6) is 0 Å². The molecule has 0 saturated carbocycles. The number of morpholine rings is 1. The van der Waals surface area contributed by atoms with E-state index in [2.05, 4.69) is 10.4 Å². The largest absolute Gasteiger partial charge is 0.416 e. The molecule has 3 aliphatic rings. The van der Waals surface area contributed by atoms with Crippen molar-refractivity contribution in [1.29, 1.82) is 0 Å². The second kappa shape index (κ2) is 9.74. The molecule has 1 aromatic carbocycles. The third-order valence-electron chi connectivity index (χ3n) is 7.25. The fourth-order valence-corrected chi connectivity index (χ4v) is 5.43. The molecule has 2 aromatic rings. The number of likely N-dealkylation sites (tertiary alicyclic amines) is 2. The molecule has 2 amide bonds. The van der Waals surface area contributed by atoms with Crippen LogP contribution in [0.15, 0.2) is 30.5 Å². The van der Waals surface area contributed by atoms with Gasteiger partial charge in [0, 0.05) is 64.7 Å². The first kappa shape index (κ1) is 24.6. The molecule has 194 valence electrons. The summed E-state index contributed by atoms with van der Waals surface area (Å²) in [7, 11) is 1.49. The lowest BCUT2D eigenvalue weighted by atomic mass is 10.0. The molecule has 2 atom stereocenters. The van der Waals surface area contributed by atoms with Crippen LogP contribution in [0.25, 0.3) is 0 Å². The Kier molecular flexibility index (Phi) is 6.64. The van der Waals surface area contributed by atoms with E-state index in [1.165, 1.54) is 25.4 Å². The van der Waals surface area contributed by atoms with E-state index in [4.69, 9.17) is 4.74 Å². The van der Waals surface area contributed by atoms with Gasteiger partial charge in [-0.3, -0.25) is 9.69 Å². The molecule has 0 bridgehead atoms. The number of aromatic nitrogens is 2. The predicted octanol–water partition coefficient (Wildman–Crippen LogP) is 2.13. The fourth-order valence-electron chi connectivity index (χ4n) is 5.43. The Morgan fingerprint density at radius 1 is 1.08 bits per heavy atom. The Balaban J connectivity index is 1.22. The van der Waals surface area contributed by atoms with E-state index in [9.17, 15) is 22.8 Å². The molecule has 5 rings (SSSR count). The van der Waals surface area contributed by atoms with Gasteiger partial charge in [-0.05, 0) is 35.6 Å². The van der Waals surface area contributed by atoms with Gasteiger partial charge < -0.3 is 19.9 Å². The number of nitrogens with zero attached hydrogens (tertiary/aromatic N) is 5. The number of alkyl halides is 3. The number of rotatable bonds is 4. The van der Waals surface area contributed by atoms with Crippen molar-refractivity contribution in [2.75, 3.05) is 64.4 Å². The molecule has 0 spiro atoms. The van der Waals surface area contributed by atoms with Gasteiger partial charge >= 0.3 is 12.2 Å². The Bertz CT molecular complexity index is 1120. The highest BCUT2D eigenvalue weighted by molar-refractivity contribution is 5.92. The highest BCUT2D eigenvalue weighted by atomic mass is 19.4. The SMILES string of the molecule is CNC(=O)c1ccn(C(=O)N2CC3CN(Cc4ccc(N5CCOCC5)cc4C(F)(F)F)CC3C2)n1. The Morgan fingerprint density at radius 2 is 1.78 bits per heavy atom. The number of fused-ring (bicyclic) bond motifs is 1. The second-order valence-corrected chi connectivity index (χ2v) is 9.57. The van der Waals surface area contributed by atoms with Crippen LogP contribution < -0.4 is 10.2 Å². The monoisotopic (exact) mass is 506 g/mol. The zero-order valence-electron chi connectivity index (χ0n) is 20.0. The predicted molar refractivity (Wildman–Crippen MR) is 125 cm³/mol. The van der Waals surface area contributed by atoms with Crippen LogP contribution in [0.1, 0.15) is 21.6 Å². The normalized spacial score (nSPS) is 22.7. The van der Waals surface area contributed by atoms with Gasteiger partial charge in [0.05, 0.1) is 18.8 Å². The summed E-state index contributed by atoms with van der Waals surface area (Å²) in [5.74, 6) is 0.00135. The molecular formula is C24H29F3N6O3. The highest BCUT2D eigenvalue weighted by Crippen LogP contribution is 2.37. The molecule has 0 radical (unpaired) electrons. The summed E-state index contributed by atoms with van der Waals surface area (Å²) in [6.07, 6.45) is -2.97. The van der Waals surface area contributed by atoms with E-state index in [1.54, 1.807) is 17.0 Å². The first-order valence-corrected chi connectivity index (χ1v) is 12.0. The van der Waals surface area contributed by atoms with Crippen LogP contribution in [0.2, 0.25) is 0 Å². The second-order valence-electron chi connectivity index (χ2n) is 9.57. The molecule has 3 saturated heterocycles. The zero-order chi connectivity index (χ0) is 25.4. The highest BCUT2D eigenvalue weighted by Gasteiger charge is 2.43. The third kappa shape index (κ3) is 4.92. The first-order valence-electron chi connectivity index (χ1n) is 12.0. The minimum absolute atomic E-state index is 0.163. The van der Waals surface area contributed by atoms with Crippen molar-refractivity contribution in [3.8, 4) is 0 Å². The molecule has 1 aromatic heterocycles. The number of carbonyl (C=O) groups excluding carboxylic acids is 2. The van der Waals surface area contributed by atoms with Crippen molar-refractivity contribution in [3.05, 3.63) is 47.3 Å². The van der Waals surface area contributed by atoms with E-state index >= 15 is 0 Å². The lowest BCUT2D eigenvalue weighted by Gasteiger charge is -2.30. The fraction of sp³-hybridized carbons (Fsp3) is 0.542. The van der Waals surface area contributed by atoms with Gasteiger partial charge in [0.2, 0.25) is 0 Å². The number of hydrogen-bond donors (Lipinski definition) is 1. The molecule has 9 nitrogen and oxygen atoms in total. The summed E-state index contributed by atoms with van der Waals surface area (Å²) in [6.45, 7) is 4.66. The quantitative estimate of drug-likeness (QED) is 0.684. The number of halogens is 3. The summed E-state index contributed by atoms with van der Waals surface area (Å²) in [5, 5.41) is 6.52. The molecule has 0 aliphatic carbocycles. The third-order valence-corrected chi connectivity index (χ3v) is 7.25. The molecule has 12 heteroatoms. The minimum atomic E-state index is -4.44. The van der Waals surface area contributed by atoms with Gasteiger partial charge in [0.1, 0.15) is 0 Å². The molecule has 36 heavy (non-hydrogen) atoms. The first-order chi connectivity index (χ1) is 17.2. The van der Waals surface area contributed by atoms with E-state index < -0.39 is 11.7 Å². The van der Waals surface area contributed by atoms with Gasteiger partial charge in [0.15, 0.2) is 5.69 Å². The summed E-state index contributed by atoms with van der Waals surface area (Å²) >= 11 is 0. The number of ether oxygens (including phenoxy) is 1. The average Bonchev–Trinajstić information content (AvgIpc) is 3.59. The number of nitrogens with one attached hydrogen (secondary N) is 1. The van der Waals surface area contributed by atoms with Gasteiger partial charge in [-0.15, -0.1) is 0 Å². The van der Waals surface area contributed by atoms with E-state index in [1.807, 2.05) is 9.80 Å². The molecule has 1 N–H and O–H groups in total. The van der Waals surface area contributed by atoms with Gasteiger partial charge in [-0.1, -0.05) is 6.07 Å². The number of amides is 2. The molecule has 2 unspecified atom stereocenters. The van der Waals surface area contributed by atoms with Crippen molar-refractivity contribution in [1.82, 2.24) is 24.9 Å². The molecule has 3 fully saturated rings. The van der Waals surface area contributed by atoms with Crippen LogP contribution in [0.4, 0.5) is 23.7 Å². The van der Waals surface area contributed by atoms with Crippen LogP contribution in [0.3, 0.4) is 0 Å². The van der Waals surface area contributed by atoms with Crippen molar-refractivity contribution in [2.45, 2.75) is 12.7 Å². The Morgan fingerprint density at radius 3 is 2.42 bits per heavy atom. The summed E-state index contributed by atoms with van der Waals surface area (Å²) in [6, 6.07) is 5.81. The Hall–Kier alpha value is -3.12. The van der Waals surface area contributed by atoms with Crippen LogP contribution in [0, 0.1) is 11.8 Å².